The predicted octanol–water partition coefficient (Wildman–Crippen LogP) is 3.97. The van der Waals surface area contributed by atoms with Crippen LogP contribution < -0.4 is 0 Å². The van der Waals surface area contributed by atoms with E-state index >= 15 is 0 Å². The average molecular weight is 312 g/mol. The minimum atomic E-state index is 0.668. The topological polar surface area (TPSA) is 38.7 Å². The van der Waals surface area contributed by atoms with Gasteiger partial charge >= 0.3 is 0 Å². The molecule has 92 valence electrons. The minimum Gasteiger partial charge on any atom is -0.217 e. The number of hydrogen-bond donors (Lipinski definition) is 0. The highest BCUT2D eigenvalue weighted by Crippen LogP contribution is 2.25. The minimum absolute atomic E-state index is 0.668. The molecule has 0 radical (unpaired) electrons. The van der Waals surface area contributed by atoms with E-state index in [1.165, 1.54) is 0 Å². The summed E-state index contributed by atoms with van der Waals surface area (Å²) in [6.07, 6.45) is 1.55. The summed E-state index contributed by atoms with van der Waals surface area (Å²) in [5.41, 5.74) is 1.94. The molecule has 0 aliphatic heterocycles. The van der Waals surface area contributed by atoms with Crippen molar-refractivity contribution >= 4 is 15.9 Å². The fourth-order valence-electron chi connectivity index (χ4n) is 1.79. The Bertz CT molecular complexity index is 699. The van der Waals surface area contributed by atoms with Crippen LogP contribution in [-0.4, -0.2) is 15.0 Å². The maximum absolute atomic E-state index is 4.52. The Labute approximate surface area is 119 Å². The fourth-order valence-corrected chi connectivity index (χ4v) is 2.26. The Morgan fingerprint density at radius 2 is 1.42 bits per heavy atom. The molecule has 19 heavy (non-hydrogen) atoms. The van der Waals surface area contributed by atoms with Crippen molar-refractivity contribution in [2.24, 2.45) is 0 Å². The number of rotatable bonds is 2. The van der Waals surface area contributed by atoms with Crippen LogP contribution in [0.25, 0.3) is 22.8 Å². The van der Waals surface area contributed by atoms with E-state index in [4.69, 9.17) is 0 Å². The molecule has 0 aliphatic rings. The van der Waals surface area contributed by atoms with Crippen LogP contribution in [0.2, 0.25) is 0 Å². The highest BCUT2D eigenvalue weighted by Gasteiger charge is 2.07. The molecule has 0 saturated heterocycles. The molecule has 3 nitrogen and oxygen atoms in total. The lowest BCUT2D eigenvalue weighted by molar-refractivity contribution is 1.06. The Morgan fingerprint density at radius 3 is 2.21 bits per heavy atom. The fraction of sp³-hybridized carbons (Fsp3) is 0. The summed E-state index contributed by atoms with van der Waals surface area (Å²) >= 11 is 3.51. The molecule has 1 aromatic heterocycles. The molecule has 1 heterocycles. The van der Waals surface area contributed by atoms with Gasteiger partial charge in [-0.3, -0.25) is 0 Å². The molecule has 0 atom stereocenters. The highest BCUT2D eigenvalue weighted by molar-refractivity contribution is 9.10. The van der Waals surface area contributed by atoms with E-state index in [0.29, 0.717) is 11.6 Å². The van der Waals surface area contributed by atoms with Crippen molar-refractivity contribution in [1.29, 1.82) is 0 Å². The molecule has 0 N–H and O–H groups in total. The molecule has 2 aromatic carbocycles. The number of nitrogens with zero attached hydrogens (tertiary/aromatic N) is 3. The Morgan fingerprint density at radius 1 is 0.737 bits per heavy atom. The second-order valence-electron chi connectivity index (χ2n) is 3.98. The van der Waals surface area contributed by atoms with Gasteiger partial charge in [0.05, 0.1) is 0 Å². The van der Waals surface area contributed by atoms with Crippen molar-refractivity contribution in [2.45, 2.75) is 0 Å². The molecule has 0 spiro atoms. The molecule has 0 unspecified atom stereocenters. The van der Waals surface area contributed by atoms with E-state index < -0.39 is 0 Å². The second-order valence-corrected chi connectivity index (χ2v) is 4.83. The van der Waals surface area contributed by atoms with Crippen LogP contribution >= 0.6 is 15.9 Å². The van der Waals surface area contributed by atoms with Gasteiger partial charge < -0.3 is 0 Å². The summed E-state index contributed by atoms with van der Waals surface area (Å²) in [5.74, 6) is 1.35. The van der Waals surface area contributed by atoms with E-state index in [2.05, 4.69) is 30.9 Å². The van der Waals surface area contributed by atoms with Crippen LogP contribution in [0.4, 0.5) is 0 Å². The Balaban J connectivity index is 2.09. The molecule has 0 fully saturated rings. The summed E-state index contributed by atoms with van der Waals surface area (Å²) < 4.78 is 0.972. The maximum Gasteiger partial charge on any atom is 0.164 e. The number of benzene rings is 2. The third kappa shape index (κ3) is 2.53. The highest BCUT2D eigenvalue weighted by atomic mass is 79.9. The van der Waals surface area contributed by atoms with E-state index in [-0.39, 0.29) is 0 Å². The zero-order valence-electron chi connectivity index (χ0n) is 9.99. The summed E-state index contributed by atoms with van der Waals surface area (Å²) in [4.78, 5) is 13.0. The predicted molar refractivity (Wildman–Crippen MR) is 78.4 cm³/mol. The van der Waals surface area contributed by atoms with E-state index in [0.717, 1.165) is 15.6 Å². The zero-order valence-corrected chi connectivity index (χ0v) is 11.6. The Kier molecular flexibility index (Phi) is 3.33. The first-order chi connectivity index (χ1) is 9.34. The van der Waals surface area contributed by atoms with Gasteiger partial charge in [0.1, 0.15) is 6.33 Å². The first kappa shape index (κ1) is 12.0. The lowest BCUT2D eigenvalue weighted by atomic mass is 10.2. The van der Waals surface area contributed by atoms with Crippen molar-refractivity contribution < 1.29 is 0 Å². The molecule has 3 rings (SSSR count). The quantitative estimate of drug-likeness (QED) is 0.719. The first-order valence-electron chi connectivity index (χ1n) is 5.84. The van der Waals surface area contributed by atoms with Crippen molar-refractivity contribution in [2.75, 3.05) is 0 Å². The third-order valence-corrected chi connectivity index (χ3v) is 3.41. The molecule has 4 heteroatoms. The molecular formula is C15H10BrN3. The monoisotopic (exact) mass is 311 g/mol. The van der Waals surface area contributed by atoms with Crippen molar-refractivity contribution in [3.05, 3.63) is 65.4 Å². The summed E-state index contributed by atoms with van der Waals surface area (Å²) in [5, 5.41) is 0. The first-order valence-corrected chi connectivity index (χ1v) is 6.63. The van der Waals surface area contributed by atoms with Crippen molar-refractivity contribution in [3.63, 3.8) is 0 Å². The number of aromatic nitrogens is 3. The van der Waals surface area contributed by atoms with Gasteiger partial charge in [0.2, 0.25) is 0 Å². The van der Waals surface area contributed by atoms with Crippen LogP contribution in [0.15, 0.2) is 65.4 Å². The van der Waals surface area contributed by atoms with Gasteiger partial charge in [-0.25, -0.2) is 15.0 Å². The van der Waals surface area contributed by atoms with Gasteiger partial charge in [-0.1, -0.05) is 64.5 Å². The average Bonchev–Trinajstić information content (AvgIpc) is 2.49. The SMILES string of the molecule is Brc1ccccc1-c1ncnc(-c2ccccc2)n1. The second kappa shape index (κ2) is 5.28. The van der Waals surface area contributed by atoms with Gasteiger partial charge in [0, 0.05) is 15.6 Å². The lowest BCUT2D eigenvalue weighted by Crippen LogP contribution is -1.95. The number of hydrogen-bond acceptors (Lipinski definition) is 3. The standard InChI is InChI=1S/C15H10BrN3/c16-13-9-5-4-8-12(13)15-18-10-17-14(19-15)11-6-2-1-3-7-11/h1-10H. The van der Waals surface area contributed by atoms with Gasteiger partial charge in [-0.05, 0) is 6.07 Å². The molecular weight excluding hydrogens is 302 g/mol. The third-order valence-electron chi connectivity index (χ3n) is 2.72. The summed E-state index contributed by atoms with van der Waals surface area (Å²) in [6, 6.07) is 17.8. The molecule has 0 bridgehead atoms. The van der Waals surface area contributed by atoms with Gasteiger partial charge in [-0.15, -0.1) is 0 Å². The van der Waals surface area contributed by atoms with Gasteiger partial charge in [-0.2, -0.15) is 0 Å². The van der Waals surface area contributed by atoms with Gasteiger partial charge in [0.15, 0.2) is 11.6 Å². The summed E-state index contributed by atoms with van der Waals surface area (Å²) in [6.45, 7) is 0. The lowest BCUT2D eigenvalue weighted by Gasteiger charge is -2.04. The van der Waals surface area contributed by atoms with E-state index in [1.54, 1.807) is 6.33 Å². The van der Waals surface area contributed by atoms with E-state index in [1.807, 2.05) is 54.6 Å². The van der Waals surface area contributed by atoms with Gasteiger partial charge in [0.25, 0.3) is 0 Å². The smallest absolute Gasteiger partial charge is 0.164 e. The van der Waals surface area contributed by atoms with Crippen LogP contribution in [0.5, 0.6) is 0 Å². The largest absolute Gasteiger partial charge is 0.217 e. The van der Waals surface area contributed by atoms with E-state index in [9.17, 15) is 0 Å². The van der Waals surface area contributed by atoms with Crippen LogP contribution in [0.3, 0.4) is 0 Å². The molecule has 0 aliphatic carbocycles. The molecule has 3 aromatic rings. The normalized spacial score (nSPS) is 10.4. The van der Waals surface area contributed by atoms with Crippen LogP contribution in [0.1, 0.15) is 0 Å². The molecule has 0 amide bonds. The van der Waals surface area contributed by atoms with Crippen LogP contribution in [0, 0.1) is 0 Å². The number of halogens is 1. The Hall–Kier alpha value is -2.07. The van der Waals surface area contributed by atoms with Crippen LogP contribution in [-0.2, 0) is 0 Å². The zero-order chi connectivity index (χ0) is 13.1. The molecule has 0 saturated carbocycles. The summed E-state index contributed by atoms with van der Waals surface area (Å²) in [7, 11) is 0. The maximum atomic E-state index is 4.52. The van der Waals surface area contributed by atoms with Crippen molar-refractivity contribution in [3.8, 4) is 22.8 Å². The van der Waals surface area contributed by atoms with Crippen molar-refractivity contribution in [1.82, 2.24) is 15.0 Å².